The van der Waals surface area contributed by atoms with E-state index in [4.69, 9.17) is 0 Å². The minimum Gasteiger partial charge on any atom is -0.392 e. The zero-order valence-corrected chi connectivity index (χ0v) is 12.6. The first-order chi connectivity index (χ1) is 10.1. The fourth-order valence-corrected chi connectivity index (χ4v) is 2.19. The molecule has 0 aromatic heterocycles. The van der Waals surface area contributed by atoms with E-state index in [-0.39, 0.29) is 0 Å². The van der Waals surface area contributed by atoms with Gasteiger partial charge < -0.3 is 5.11 Å². The molecule has 0 spiro atoms. The van der Waals surface area contributed by atoms with Crippen LogP contribution in [0.3, 0.4) is 0 Å². The van der Waals surface area contributed by atoms with E-state index in [2.05, 4.69) is 17.2 Å². The van der Waals surface area contributed by atoms with Crippen molar-refractivity contribution in [1.29, 1.82) is 0 Å². The Morgan fingerprint density at radius 2 is 1.62 bits per heavy atom. The smallest absolute Gasteiger partial charge is 0.0703 e. The SMILES string of the molecule is C/C(=N/N(Cc1ccccc1)CC(C)O)c1ccccc1. The molecule has 3 nitrogen and oxygen atoms in total. The minimum absolute atomic E-state index is 0.416. The molecule has 0 heterocycles. The second kappa shape index (κ2) is 7.60. The highest BCUT2D eigenvalue weighted by Crippen LogP contribution is 2.08. The van der Waals surface area contributed by atoms with Crippen molar-refractivity contribution in [3.63, 3.8) is 0 Å². The maximum atomic E-state index is 9.67. The Labute approximate surface area is 126 Å². The molecule has 0 aliphatic heterocycles. The standard InChI is InChI=1S/C18H22N2O/c1-15(21)13-20(14-17-9-5-3-6-10-17)19-16(2)18-11-7-4-8-12-18/h3-12,15,21H,13-14H2,1-2H3/b19-16-. The minimum atomic E-state index is -0.416. The summed E-state index contributed by atoms with van der Waals surface area (Å²) in [5.41, 5.74) is 3.23. The van der Waals surface area contributed by atoms with Crippen LogP contribution in [0.1, 0.15) is 25.0 Å². The van der Waals surface area contributed by atoms with Gasteiger partial charge in [-0.3, -0.25) is 5.01 Å². The molecule has 1 N–H and O–H groups in total. The van der Waals surface area contributed by atoms with Crippen molar-refractivity contribution in [3.8, 4) is 0 Å². The molecular weight excluding hydrogens is 260 g/mol. The molecule has 0 radical (unpaired) electrons. The first-order valence-electron chi connectivity index (χ1n) is 7.22. The van der Waals surface area contributed by atoms with E-state index in [1.54, 1.807) is 6.92 Å². The summed E-state index contributed by atoms with van der Waals surface area (Å²) in [5.74, 6) is 0. The zero-order chi connectivity index (χ0) is 15.1. The molecule has 0 aliphatic rings. The lowest BCUT2D eigenvalue weighted by Crippen LogP contribution is -2.27. The first kappa shape index (κ1) is 15.3. The van der Waals surface area contributed by atoms with Gasteiger partial charge in [-0.1, -0.05) is 60.7 Å². The highest BCUT2D eigenvalue weighted by atomic mass is 16.3. The third-order valence-electron chi connectivity index (χ3n) is 3.17. The van der Waals surface area contributed by atoms with Crippen LogP contribution in [0.25, 0.3) is 0 Å². The van der Waals surface area contributed by atoms with E-state index in [0.717, 1.165) is 11.3 Å². The monoisotopic (exact) mass is 282 g/mol. The van der Waals surface area contributed by atoms with E-state index in [1.807, 2.05) is 60.5 Å². The number of aliphatic hydroxyl groups excluding tert-OH is 1. The summed E-state index contributed by atoms with van der Waals surface area (Å²) in [6.45, 7) is 4.98. The molecule has 21 heavy (non-hydrogen) atoms. The molecule has 2 rings (SSSR count). The Balaban J connectivity index is 2.16. The van der Waals surface area contributed by atoms with Crippen molar-refractivity contribution < 1.29 is 5.11 Å². The number of nitrogens with zero attached hydrogens (tertiary/aromatic N) is 2. The predicted molar refractivity (Wildman–Crippen MR) is 87.2 cm³/mol. The van der Waals surface area contributed by atoms with Crippen LogP contribution in [-0.4, -0.2) is 28.5 Å². The fraction of sp³-hybridized carbons (Fsp3) is 0.278. The largest absolute Gasteiger partial charge is 0.392 e. The number of rotatable bonds is 6. The topological polar surface area (TPSA) is 35.8 Å². The van der Waals surface area contributed by atoms with E-state index < -0.39 is 6.10 Å². The third kappa shape index (κ3) is 5.04. The fourth-order valence-electron chi connectivity index (χ4n) is 2.19. The quantitative estimate of drug-likeness (QED) is 0.652. The Morgan fingerprint density at radius 3 is 2.19 bits per heavy atom. The summed E-state index contributed by atoms with van der Waals surface area (Å²) in [6.07, 6.45) is -0.416. The summed E-state index contributed by atoms with van der Waals surface area (Å²) in [6, 6.07) is 20.3. The van der Waals surface area contributed by atoms with Crippen molar-refractivity contribution >= 4 is 5.71 Å². The van der Waals surface area contributed by atoms with Gasteiger partial charge in [0.2, 0.25) is 0 Å². The van der Waals surface area contributed by atoms with Crippen LogP contribution in [0.4, 0.5) is 0 Å². The molecule has 0 aliphatic carbocycles. The van der Waals surface area contributed by atoms with Crippen LogP contribution >= 0.6 is 0 Å². The number of hydrazone groups is 1. The van der Waals surface area contributed by atoms with Crippen molar-refractivity contribution in [2.24, 2.45) is 5.10 Å². The van der Waals surface area contributed by atoms with Gasteiger partial charge >= 0.3 is 0 Å². The maximum Gasteiger partial charge on any atom is 0.0703 e. The molecular formula is C18H22N2O. The van der Waals surface area contributed by atoms with E-state index >= 15 is 0 Å². The molecule has 0 saturated heterocycles. The van der Waals surface area contributed by atoms with Gasteiger partial charge in [-0.15, -0.1) is 0 Å². The average molecular weight is 282 g/mol. The Bertz CT molecular complexity index is 564. The lowest BCUT2D eigenvalue weighted by molar-refractivity contribution is 0.125. The summed E-state index contributed by atoms with van der Waals surface area (Å²) >= 11 is 0. The molecule has 2 aromatic carbocycles. The van der Waals surface area contributed by atoms with Crippen molar-refractivity contribution in [1.82, 2.24) is 5.01 Å². The van der Waals surface area contributed by atoms with Crippen LogP contribution in [0.15, 0.2) is 65.8 Å². The van der Waals surface area contributed by atoms with E-state index in [9.17, 15) is 5.11 Å². The zero-order valence-electron chi connectivity index (χ0n) is 12.6. The van der Waals surface area contributed by atoms with Crippen LogP contribution in [0.5, 0.6) is 0 Å². The van der Waals surface area contributed by atoms with Gasteiger partial charge in [-0.05, 0) is 25.0 Å². The van der Waals surface area contributed by atoms with Crippen LogP contribution in [0, 0.1) is 0 Å². The highest BCUT2D eigenvalue weighted by Gasteiger charge is 2.08. The van der Waals surface area contributed by atoms with E-state index in [0.29, 0.717) is 13.1 Å². The molecule has 0 bridgehead atoms. The molecule has 110 valence electrons. The number of aliphatic hydroxyl groups is 1. The van der Waals surface area contributed by atoms with Crippen LogP contribution in [-0.2, 0) is 6.54 Å². The average Bonchev–Trinajstić information content (AvgIpc) is 2.48. The Morgan fingerprint density at radius 1 is 1.05 bits per heavy atom. The second-order valence-corrected chi connectivity index (χ2v) is 5.23. The first-order valence-corrected chi connectivity index (χ1v) is 7.22. The van der Waals surface area contributed by atoms with E-state index in [1.165, 1.54) is 5.56 Å². The third-order valence-corrected chi connectivity index (χ3v) is 3.17. The summed E-state index contributed by atoms with van der Waals surface area (Å²) in [4.78, 5) is 0. The van der Waals surface area contributed by atoms with Gasteiger partial charge in [0.1, 0.15) is 0 Å². The van der Waals surface area contributed by atoms with Gasteiger partial charge in [-0.2, -0.15) is 5.10 Å². The molecule has 0 amide bonds. The van der Waals surface area contributed by atoms with Gasteiger partial charge in [-0.25, -0.2) is 0 Å². The van der Waals surface area contributed by atoms with Crippen molar-refractivity contribution in [2.75, 3.05) is 6.54 Å². The van der Waals surface area contributed by atoms with Gasteiger partial charge in [0.05, 0.1) is 24.9 Å². The Kier molecular flexibility index (Phi) is 5.52. The normalized spacial score (nSPS) is 13.0. The maximum absolute atomic E-state index is 9.67. The summed E-state index contributed by atoms with van der Waals surface area (Å²) in [5, 5.41) is 16.3. The molecule has 1 atom stereocenters. The van der Waals surface area contributed by atoms with Gasteiger partial charge in [0, 0.05) is 0 Å². The molecule has 0 saturated carbocycles. The summed E-state index contributed by atoms with van der Waals surface area (Å²) in [7, 11) is 0. The molecule has 3 heteroatoms. The lowest BCUT2D eigenvalue weighted by atomic mass is 10.1. The Hall–Kier alpha value is -2.13. The number of hydrogen-bond donors (Lipinski definition) is 1. The van der Waals surface area contributed by atoms with Crippen molar-refractivity contribution in [2.45, 2.75) is 26.5 Å². The van der Waals surface area contributed by atoms with Crippen LogP contribution < -0.4 is 0 Å². The van der Waals surface area contributed by atoms with Crippen molar-refractivity contribution in [3.05, 3.63) is 71.8 Å². The number of benzene rings is 2. The highest BCUT2D eigenvalue weighted by molar-refractivity contribution is 5.98. The van der Waals surface area contributed by atoms with Gasteiger partial charge in [0.25, 0.3) is 0 Å². The molecule has 1 unspecified atom stereocenters. The lowest BCUT2D eigenvalue weighted by Gasteiger charge is -2.22. The molecule has 2 aromatic rings. The van der Waals surface area contributed by atoms with Gasteiger partial charge in [0.15, 0.2) is 0 Å². The van der Waals surface area contributed by atoms with Crippen LogP contribution in [0.2, 0.25) is 0 Å². The second-order valence-electron chi connectivity index (χ2n) is 5.23. The summed E-state index contributed by atoms with van der Waals surface area (Å²) < 4.78 is 0. The predicted octanol–water partition coefficient (Wildman–Crippen LogP) is 3.29. The number of hydrogen-bond acceptors (Lipinski definition) is 3. The molecule has 0 fully saturated rings.